The molecule has 0 fully saturated rings. The molecule has 2 heteroatoms. The van der Waals surface area contributed by atoms with Gasteiger partial charge in [-0.1, -0.05) is 32.9 Å². The molecule has 2 rings (SSSR count). The van der Waals surface area contributed by atoms with Gasteiger partial charge in [0, 0.05) is 5.39 Å². The van der Waals surface area contributed by atoms with Gasteiger partial charge in [-0.3, -0.25) is 0 Å². The second-order valence-corrected chi connectivity index (χ2v) is 6.18. The lowest BCUT2D eigenvalue weighted by molar-refractivity contribution is 0.253. The lowest BCUT2D eigenvalue weighted by atomic mass is 9.85. The summed E-state index contributed by atoms with van der Waals surface area (Å²) in [6.07, 6.45) is 0. The second kappa shape index (κ2) is 4.43. The van der Waals surface area contributed by atoms with E-state index in [0.29, 0.717) is 0 Å². The van der Waals surface area contributed by atoms with Crippen molar-refractivity contribution < 1.29 is 4.42 Å². The van der Waals surface area contributed by atoms with E-state index in [-0.39, 0.29) is 11.5 Å². The van der Waals surface area contributed by atoms with E-state index in [2.05, 4.69) is 58.1 Å². The molecule has 0 saturated heterocycles. The third-order valence-electron chi connectivity index (χ3n) is 3.56. The van der Waals surface area contributed by atoms with Crippen molar-refractivity contribution in [2.24, 2.45) is 5.41 Å². The van der Waals surface area contributed by atoms with E-state index >= 15 is 0 Å². The summed E-state index contributed by atoms with van der Waals surface area (Å²) >= 11 is 0. The van der Waals surface area contributed by atoms with Gasteiger partial charge in [0.15, 0.2) is 0 Å². The van der Waals surface area contributed by atoms with Gasteiger partial charge in [-0.2, -0.15) is 0 Å². The zero-order valence-corrected chi connectivity index (χ0v) is 12.2. The van der Waals surface area contributed by atoms with Crippen LogP contribution in [0.1, 0.15) is 43.7 Å². The van der Waals surface area contributed by atoms with Gasteiger partial charge in [-0.15, -0.1) is 0 Å². The molecule has 0 aliphatic heterocycles. The van der Waals surface area contributed by atoms with Crippen molar-refractivity contribution in [3.05, 3.63) is 35.1 Å². The van der Waals surface area contributed by atoms with Crippen LogP contribution < -0.4 is 5.32 Å². The van der Waals surface area contributed by atoms with E-state index in [1.165, 1.54) is 16.5 Å². The molecule has 1 unspecified atom stereocenters. The first-order chi connectivity index (χ1) is 8.34. The summed E-state index contributed by atoms with van der Waals surface area (Å²) in [6.45, 7) is 10.9. The SMILES string of the molecule is CNC(c1cc2c(C)ccc(C)c2o1)C(C)(C)C. The van der Waals surface area contributed by atoms with Gasteiger partial charge < -0.3 is 9.73 Å². The van der Waals surface area contributed by atoms with Crippen molar-refractivity contribution in [2.45, 2.75) is 40.7 Å². The van der Waals surface area contributed by atoms with Gasteiger partial charge in [0.05, 0.1) is 6.04 Å². The van der Waals surface area contributed by atoms with Crippen molar-refractivity contribution in [1.82, 2.24) is 5.32 Å². The van der Waals surface area contributed by atoms with Gasteiger partial charge in [0.25, 0.3) is 0 Å². The molecule has 0 aliphatic carbocycles. The lowest BCUT2D eigenvalue weighted by Crippen LogP contribution is -2.29. The topological polar surface area (TPSA) is 25.2 Å². The predicted octanol–water partition coefficient (Wildman–Crippen LogP) is 4.36. The van der Waals surface area contributed by atoms with E-state index in [1.807, 2.05) is 7.05 Å². The van der Waals surface area contributed by atoms with Crippen LogP contribution in [-0.2, 0) is 0 Å². The number of hydrogen-bond acceptors (Lipinski definition) is 2. The Morgan fingerprint density at radius 2 is 1.72 bits per heavy atom. The molecule has 2 aromatic rings. The van der Waals surface area contributed by atoms with Crippen LogP contribution in [0.4, 0.5) is 0 Å². The molecule has 18 heavy (non-hydrogen) atoms. The molecular weight excluding hydrogens is 222 g/mol. The number of hydrogen-bond donors (Lipinski definition) is 1. The van der Waals surface area contributed by atoms with Gasteiger partial charge in [-0.25, -0.2) is 0 Å². The zero-order valence-electron chi connectivity index (χ0n) is 12.2. The molecule has 0 aliphatic rings. The number of fused-ring (bicyclic) bond motifs is 1. The average molecular weight is 245 g/mol. The quantitative estimate of drug-likeness (QED) is 0.850. The normalized spacial score (nSPS) is 14.1. The van der Waals surface area contributed by atoms with Crippen molar-refractivity contribution in [3.8, 4) is 0 Å². The Morgan fingerprint density at radius 1 is 1.11 bits per heavy atom. The summed E-state index contributed by atoms with van der Waals surface area (Å²) in [5.74, 6) is 1.03. The third kappa shape index (κ3) is 2.17. The average Bonchev–Trinajstić information content (AvgIpc) is 2.68. The minimum Gasteiger partial charge on any atom is -0.459 e. The number of furan rings is 1. The van der Waals surface area contributed by atoms with Gasteiger partial charge in [0.2, 0.25) is 0 Å². The van der Waals surface area contributed by atoms with Gasteiger partial charge in [-0.05, 0) is 43.5 Å². The van der Waals surface area contributed by atoms with Crippen molar-refractivity contribution >= 4 is 11.0 Å². The standard InChI is InChI=1S/C16H23NO/c1-10-7-8-11(2)14-12(10)9-13(18-14)15(17-6)16(3,4)5/h7-9,15,17H,1-6H3. The van der Waals surface area contributed by atoms with Crippen LogP contribution in [0.15, 0.2) is 22.6 Å². The minimum absolute atomic E-state index is 0.129. The summed E-state index contributed by atoms with van der Waals surface area (Å²) in [4.78, 5) is 0. The number of nitrogens with one attached hydrogen (secondary N) is 1. The highest BCUT2D eigenvalue weighted by Crippen LogP contribution is 2.36. The largest absolute Gasteiger partial charge is 0.459 e. The van der Waals surface area contributed by atoms with E-state index in [0.717, 1.165) is 11.3 Å². The predicted molar refractivity (Wildman–Crippen MR) is 76.9 cm³/mol. The van der Waals surface area contributed by atoms with Crippen LogP contribution in [0.5, 0.6) is 0 Å². The molecular formula is C16H23NO. The van der Waals surface area contributed by atoms with E-state index < -0.39 is 0 Å². The Hall–Kier alpha value is -1.28. The first kappa shape index (κ1) is 13.2. The molecule has 0 bridgehead atoms. The lowest BCUT2D eigenvalue weighted by Gasteiger charge is -2.28. The Labute approximate surface area is 109 Å². The molecule has 1 aromatic carbocycles. The van der Waals surface area contributed by atoms with Gasteiger partial charge >= 0.3 is 0 Å². The molecule has 1 heterocycles. The number of benzene rings is 1. The number of aryl methyl sites for hydroxylation is 2. The molecule has 0 radical (unpaired) electrons. The van der Waals surface area contributed by atoms with Crippen LogP contribution in [-0.4, -0.2) is 7.05 Å². The molecule has 98 valence electrons. The highest BCUT2D eigenvalue weighted by molar-refractivity contribution is 5.84. The Morgan fingerprint density at radius 3 is 2.22 bits per heavy atom. The highest BCUT2D eigenvalue weighted by Gasteiger charge is 2.28. The first-order valence-electron chi connectivity index (χ1n) is 6.51. The highest BCUT2D eigenvalue weighted by atomic mass is 16.3. The Bertz CT molecular complexity index is 521. The van der Waals surface area contributed by atoms with E-state index in [9.17, 15) is 0 Å². The van der Waals surface area contributed by atoms with Crippen LogP contribution >= 0.6 is 0 Å². The Balaban J connectivity index is 2.60. The van der Waals surface area contributed by atoms with Crippen molar-refractivity contribution in [2.75, 3.05) is 7.05 Å². The fourth-order valence-electron chi connectivity index (χ4n) is 2.56. The van der Waals surface area contributed by atoms with Crippen LogP contribution in [0, 0.1) is 19.3 Å². The maximum atomic E-state index is 6.10. The fraction of sp³-hybridized carbons (Fsp3) is 0.500. The summed E-state index contributed by atoms with van der Waals surface area (Å²) in [7, 11) is 1.99. The fourth-order valence-corrected chi connectivity index (χ4v) is 2.56. The maximum absolute atomic E-state index is 6.10. The third-order valence-corrected chi connectivity index (χ3v) is 3.56. The van der Waals surface area contributed by atoms with E-state index in [4.69, 9.17) is 4.42 Å². The summed E-state index contributed by atoms with van der Waals surface area (Å²) in [5.41, 5.74) is 3.62. The van der Waals surface area contributed by atoms with E-state index in [1.54, 1.807) is 0 Å². The minimum atomic E-state index is 0.129. The molecule has 0 spiro atoms. The summed E-state index contributed by atoms with van der Waals surface area (Å²) in [5, 5.41) is 4.60. The second-order valence-electron chi connectivity index (χ2n) is 6.18. The van der Waals surface area contributed by atoms with Crippen molar-refractivity contribution in [3.63, 3.8) is 0 Å². The van der Waals surface area contributed by atoms with Crippen LogP contribution in [0.3, 0.4) is 0 Å². The molecule has 1 N–H and O–H groups in total. The molecule has 0 saturated carbocycles. The molecule has 0 amide bonds. The molecule has 1 atom stereocenters. The van der Waals surface area contributed by atoms with Crippen LogP contribution in [0.2, 0.25) is 0 Å². The number of rotatable bonds is 2. The monoisotopic (exact) mass is 245 g/mol. The Kier molecular flexibility index (Phi) is 3.24. The molecule has 1 aromatic heterocycles. The first-order valence-corrected chi connectivity index (χ1v) is 6.51. The van der Waals surface area contributed by atoms with Gasteiger partial charge in [0.1, 0.15) is 11.3 Å². The summed E-state index contributed by atoms with van der Waals surface area (Å²) in [6, 6.07) is 6.69. The summed E-state index contributed by atoms with van der Waals surface area (Å²) < 4.78 is 6.10. The zero-order chi connectivity index (χ0) is 13.5. The van der Waals surface area contributed by atoms with Crippen LogP contribution in [0.25, 0.3) is 11.0 Å². The molecule has 2 nitrogen and oxygen atoms in total. The maximum Gasteiger partial charge on any atom is 0.137 e. The smallest absolute Gasteiger partial charge is 0.137 e. The van der Waals surface area contributed by atoms with Crippen molar-refractivity contribution in [1.29, 1.82) is 0 Å².